The van der Waals surface area contributed by atoms with Crippen LogP contribution in [-0.4, -0.2) is 48.4 Å². The molecule has 1 aliphatic heterocycles. The quantitative estimate of drug-likeness (QED) is 0.701. The first-order chi connectivity index (χ1) is 14.4. The Kier molecular flexibility index (Phi) is 5.53. The Morgan fingerprint density at radius 2 is 1.90 bits per heavy atom. The van der Waals surface area contributed by atoms with Gasteiger partial charge in [-0.3, -0.25) is 19.5 Å². The Hall–Kier alpha value is -3.22. The van der Waals surface area contributed by atoms with Crippen molar-refractivity contribution in [3.05, 3.63) is 71.4 Å². The van der Waals surface area contributed by atoms with Gasteiger partial charge in [0, 0.05) is 41.0 Å². The summed E-state index contributed by atoms with van der Waals surface area (Å²) in [6.45, 7) is 1.68. The first kappa shape index (κ1) is 20.1. The smallest absolute Gasteiger partial charge is 0.248 e. The number of primary amides is 1. The van der Waals surface area contributed by atoms with Crippen molar-refractivity contribution >= 4 is 29.1 Å². The summed E-state index contributed by atoms with van der Waals surface area (Å²) in [5, 5.41) is 0.570. The average molecular weight is 421 g/mol. The van der Waals surface area contributed by atoms with Crippen molar-refractivity contribution in [1.82, 2.24) is 9.88 Å². The summed E-state index contributed by atoms with van der Waals surface area (Å²) >= 11 is 6.44. The van der Waals surface area contributed by atoms with E-state index in [0.717, 1.165) is 34.6 Å². The van der Waals surface area contributed by atoms with Crippen LogP contribution in [0.4, 0.5) is 5.69 Å². The lowest BCUT2D eigenvalue weighted by molar-refractivity contribution is -0.120. The van der Waals surface area contributed by atoms with Crippen LogP contribution in [0, 0.1) is 0 Å². The van der Waals surface area contributed by atoms with Gasteiger partial charge in [-0.2, -0.15) is 0 Å². The summed E-state index contributed by atoms with van der Waals surface area (Å²) in [7, 11) is 1.92. The second kappa shape index (κ2) is 8.26. The van der Waals surface area contributed by atoms with Crippen molar-refractivity contribution < 1.29 is 9.59 Å². The first-order valence-corrected chi connectivity index (χ1v) is 9.96. The number of hydrogen-bond acceptors (Lipinski definition) is 4. The maximum Gasteiger partial charge on any atom is 0.248 e. The molecule has 30 heavy (non-hydrogen) atoms. The van der Waals surface area contributed by atoms with Crippen LogP contribution < -0.4 is 10.6 Å². The highest BCUT2D eigenvalue weighted by molar-refractivity contribution is 6.33. The zero-order chi connectivity index (χ0) is 21.3. The van der Waals surface area contributed by atoms with Gasteiger partial charge in [-0.05, 0) is 55.1 Å². The molecule has 152 valence electrons. The van der Waals surface area contributed by atoms with E-state index < -0.39 is 5.91 Å². The second-order valence-corrected chi connectivity index (χ2v) is 7.70. The van der Waals surface area contributed by atoms with Crippen LogP contribution in [0.25, 0.3) is 22.4 Å². The first-order valence-electron chi connectivity index (χ1n) is 9.58. The van der Waals surface area contributed by atoms with Gasteiger partial charge in [-0.15, -0.1) is 0 Å². The van der Waals surface area contributed by atoms with E-state index in [1.54, 1.807) is 35.4 Å². The molecule has 1 aliphatic rings. The van der Waals surface area contributed by atoms with E-state index >= 15 is 0 Å². The topological polar surface area (TPSA) is 79.5 Å². The summed E-state index contributed by atoms with van der Waals surface area (Å²) in [6.07, 6.45) is 1.71. The lowest BCUT2D eigenvalue weighted by Gasteiger charge is -2.33. The van der Waals surface area contributed by atoms with E-state index in [-0.39, 0.29) is 5.91 Å². The van der Waals surface area contributed by atoms with Crippen LogP contribution in [0.1, 0.15) is 10.4 Å². The predicted octanol–water partition coefficient (Wildman–Crippen LogP) is 3.45. The molecule has 7 heteroatoms. The van der Waals surface area contributed by atoms with Gasteiger partial charge in [0.05, 0.1) is 17.9 Å². The van der Waals surface area contributed by atoms with Gasteiger partial charge in [0.1, 0.15) is 0 Å². The molecule has 2 amide bonds. The molecule has 6 nitrogen and oxygen atoms in total. The molecule has 1 fully saturated rings. The van der Waals surface area contributed by atoms with Gasteiger partial charge in [0.15, 0.2) is 0 Å². The molecular formula is C23H21ClN4O2. The van der Waals surface area contributed by atoms with E-state index in [9.17, 15) is 9.59 Å². The number of rotatable bonds is 4. The molecule has 0 bridgehead atoms. The number of nitrogens with two attached hydrogens (primary N) is 1. The highest BCUT2D eigenvalue weighted by Gasteiger charge is 2.25. The Labute approximate surface area is 179 Å². The predicted molar refractivity (Wildman–Crippen MR) is 118 cm³/mol. The SMILES string of the molecule is CN1CCN(c2ccc(C(N)=O)cc2-c2ccc(Cl)c(-c3ccccn3)c2)C(=O)C1. The maximum absolute atomic E-state index is 12.7. The fraction of sp³-hybridized carbons (Fsp3) is 0.174. The Morgan fingerprint density at radius 1 is 1.07 bits per heavy atom. The standard InChI is InChI=1S/C23H21ClN4O2/c1-27-10-11-28(22(29)14-27)21-8-6-16(23(25)30)13-17(21)15-5-7-19(24)18(12-15)20-4-2-3-9-26-20/h2-9,12-13H,10-11,14H2,1H3,(H2,25,30). The summed E-state index contributed by atoms with van der Waals surface area (Å²) in [5.41, 5.74) is 9.73. The molecule has 3 aromatic rings. The number of carbonyl (C=O) groups excluding carboxylic acids is 2. The highest BCUT2D eigenvalue weighted by Crippen LogP contribution is 2.37. The van der Waals surface area contributed by atoms with Crippen LogP contribution in [0.3, 0.4) is 0 Å². The number of anilines is 1. The zero-order valence-electron chi connectivity index (χ0n) is 16.5. The molecule has 2 aromatic carbocycles. The lowest BCUT2D eigenvalue weighted by atomic mass is 9.97. The van der Waals surface area contributed by atoms with Crippen molar-refractivity contribution in [3.8, 4) is 22.4 Å². The number of hydrogen-bond donors (Lipinski definition) is 1. The maximum atomic E-state index is 12.7. The van der Waals surface area contributed by atoms with Crippen molar-refractivity contribution in [1.29, 1.82) is 0 Å². The average Bonchev–Trinajstić information content (AvgIpc) is 2.74. The molecule has 1 saturated heterocycles. The van der Waals surface area contributed by atoms with Crippen LogP contribution in [-0.2, 0) is 4.79 Å². The van der Waals surface area contributed by atoms with Gasteiger partial charge in [-0.1, -0.05) is 23.7 Å². The lowest BCUT2D eigenvalue weighted by Crippen LogP contribution is -2.49. The van der Waals surface area contributed by atoms with Gasteiger partial charge in [-0.25, -0.2) is 0 Å². The van der Waals surface area contributed by atoms with Gasteiger partial charge >= 0.3 is 0 Å². The van der Waals surface area contributed by atoms with Crippen molar-refractivity contribution in [3.63, 3.8) is 0 Å². The molecular weight excluding hydrogens is 400 g/mol. The van der Waals surface area contributed by atoms with Crippen molar-refractivity contribution in [2.45, 2.75) is 0 Å². The van der Waals surface area contributed by atoms with Crippen LogP contribution in [0.2, 0.25) is 5.02 Å². The molecule has 1 aromatic heterocycles. The van der Waals surface area contributed by atoms with Gasteiger partial charge in [0.2, 0.25) is 11.8 Å². The van der Waals surface area contributed by atoms with E-state index in [1.165, 1.54) is 0 Å². The summed E-state index contributed by atoms with van der Waals surface area (Å²) < 4.78 is 0. The Bertz CT molecular complexity index is 1120. The summed E-state index contributed by atoms with van der Waals surface area (Å²) in [4.78, 5) is 32.7. The van der Waals surface area contributed by atoms with Crippen molar-refractivity contribution in [2.24, 2.45) is 5.73 Å². The van der Waals surface area contributed by atoms with Gasteiger partial charge in [0.25, 0.3) is 0 Å². The minimum absolute atomic E-state index is 0.00994. The van der Waals surface area contributed by atoms with E-state index in [0.29, 0.717) is 23.7 Å². The fourth-order valence-electron chi connectivity index (χ4n) is 3.61. The normalized spacial score (nSPS) is 14.7. The monoisotopic (exact) mass is 420 g/mol. The molecule has 0 unspecified atom stereocenters. The number of pyridine rings is 1. The molecule has 0 spiro atoms. The van der Waals surface area contributed by atoms with Crippen LogP contribution in [0.5, 0.6) is 0 Å². The molecule has 0 atom stereocenters. The second-order valence-electron chi connectivity index (χ2n) is 7.29. The number of aromatic nitrogens is 1. The summed E-state index contributed by atoms with van der Waals surface area (Å²) in [6, 6.07) is 16.4. The number of piperazine rings is 1. The Morgan fingerprint density at radius 3 is 2.60 bits per heavy atom. The number of amides is 2. The largest absolute Gasteiger partial charge is 0.366 e. The molecule has 0 radical (unpaired) electrons. The van der Waals surface area contributed by atoms with E-state index in [4.69, 9.17) is 17.3 Å². The van der Waals surface area contributed by atoms with E-state index in [2.05, 4.69) is 4.98 Å². The fourth-order valence-corrected chi connectivity index (χ4v) is 3.83. The molecule has 4 rings (SSSR count). The zero-order valence-corrected chi connectivity index (χ0v) is 17.3. The van der Waals surface area contributed by atoms with Gasteiger partial charge < -0.3 is 10.6 Å². The number of halogens is 1. The number of carbonyl (C=O) groups is 2. The molecule has 2 heterocycles. The number of likely N-dealkylation sites (N-methyl/N-ethyl adjacent to an activating group) is 1. The minimum Gasteiger partial charge on any atom is -0.366 e. The van der Waals surface area contributed by atoms with E-state index in [1.807, 2.05) is 42.3 Å². The van der Waals surface area contributed by atoms with Crippen LogP contribution >= 0.6 is 11.6 Å². The Balaban J connectivity index is 1.86. The number of benzene rings is 2. The van der Waals surface area contributed by atoms with Crippen LogP contribution in [0.15, 0.2) is 60.8 Å². The summed E-state index contributed by atoms with van der Waals surface area (Å²) in [5.74, 6) is -0.512. The highest BCUT2D eigenvalue weighted by atomic mass is 35.5. The third kappa shape index (κ3) is 3.92. The molecule has 0 aliphatic carbocycles. The van der Waals surface area contributed by atoms with Crippen molar-refractivity contribution in [2.75, 3.05) is 31.6 Å². The number of nitrogens with zero attached hydrogens (tertiary/aromatic N) is 3. The third-order valence-corrected chi connectivity index (χ3v) is 5.53. The molecule has 2 N–H and O–H groups in total. The third-order valence-electron chi connectivity index (χ3n) is 5.20. The minimum atomic E-state index is -0.522. The molecule has 0 saturated carbocycles.